The molecule has 21 heavy (non-hydrogen) atoms. The summed E-state index contributed by atoms with van der Waals surface area (Å²) in [5, 5.41) is 0. The second-order valence-electron chi connectivity index (χ2n) is 5.80. The standard InChI is InChI=1S/C16H21N3O2/c1-12-5-6-15-17-14(11-19(15)8-12)10-18-7-3-4-13(9-18)16(20)21-2/h5-6,8,11,13H,3-4,7,9-10H2,1-2H3. The van der Waals surface area contributed by atoms with E-state index in [2.05, 4.69) is 39.7 Å². The van der Waals surface area contributed by atoms with E-state index >= 15 is 0 Å². The molecule has 2 aromatic heterocycles. The lowest BCUT2D eigenvalue weighted by atomic mass is 9.98. The molecule has 0 bridgehead atoms. The summed E-state index contributed by atoms with van der Waals surface area (Å²) in [4.78, 5) is 18.6. The first-order valence-corrected chi connectivity index (χ1v) is 7.40. The van der Waals surface area contributed by atoms with Crippen LogP contribution in [0.3, 0.4) is 0 Å². The Kier molecular flexibility index (Phi) is 3.92. The Labute approximate surface area is 124 Å². The number of imidazole rings is 1. The van der Waals surface area contributed by atoms with Crippen LogP contribution in [0.1, 0.15) is 24.1 Å². The number of fused-ring (bicyclic) bond motifs is 1. The molecular formula is C16H21N3O2. The lowest BCUT2D eigenvalue weighted by molar-refractivity contribution is -0.147. The van der Waals surface area contributed by atoms with Crippen LogP contribution in [0.4, 0.5) is 0 Å². The predicted octanol–water partition coefficient (Wildman–Crippen LogP) is 2.03. The molecule has 0 amide bonds. The second-order valence-corrected chi connectivity index (χ2v) is 5.80. The van der Waals surface area contributed by atoms with E-state index in [0.29, 0.717) is 0 Å². The molecule has 1 unspecified atom stereocenters. The molecule has 0 saturated carbocycles. The van der Waals surface area contributed by atoms with Crippen molar-refractivity contribution in [2.24, 2.45) is 5.92 Å². The topological polar surface area (TPSA) is 46.8 Å². The van der Waals surface area contributed by atoms with Crippen LogP contribution in [-0.4, -0.2) is 40.5 Å². The van der Waals surface area contributed by atoms with Crippen LogP contribution in [0, 0.1) is 12.8 Å². The first kappa shape index (κ1) is 14.1. The predicted molar refractivity (Wildman–Crippen MR) is 79.9 cm³/mol. The average molecular weight is 287 g/mol. The number of carbonyl (C=O) groups is 1. The molecule has 5 nitrogen and oxygen atoms in total. The van der Waals surface area contributed by atoms with E-state index in [1.807, 2.05) is 6.07 Å². The maximum atomic E-state index is 11.7. The summed E-state index contributed by atoms with van der Waals surface area (Å²) in [7, 11) is 1.46. The molecule has 2 aromatic rings. The molecule has 3 rings (SSSR count). The quantitative estimate of drug-likeness (QED) is 0.810. The highest BCUT2D eigenvalue weighted by Crippen LogP contribution is 2.19. The van der Waals surface area contributed by atoms with Gasteiger partial charge in [0.2, 0.25) is 0 Å². The van der Waals surface area contributed by atoms with Crippen LogP contribution < -0.4 is 0 Å². The van der Waals surface area contributed by atoms with Crippen molar-refractivity contribution in [1.82, 2.24) is 14.3 Å². The Hall–Kier alpha value is -1.88. The van der Waals surface area contributed by atoms with E-state index in [4.69, 9.17) is 4.74 Å². The fourth-order valence-electron chi connectivity index (χ4n) is 3.02. The van der Waals surface area contributed by atoms with Crippen LogP contribution in [0.25, 0.3) is 5.65 Å². The van der Waals surface area contributed by atoms with Gasteiger partial charge < -0.3 is 9.14 Å². The molecule has 0 radical (unpaired) electrons. The summed E-state index contributed by atoms with van der Waals surface area (Å²) < 4.78 is 6.93. The maximum absolute atomic E-state index is 11.7. The Morgan fingerprint density at radius 1 is 1.43 bits per heavy atom. The Morgan fingerprint density at radius 3 is 3.10 bits per heavy atom. The minimum atomic E-state index is -0.0923. The average Bonchev–Trinajstić information content (AvgIpc) is 2.88. The van der Waals surface area contributed by atoms with Crippen LogP contribution >= 0.6 is 0 Å². The van der Waals surface area contributed by atoms with Crippen molar-refractivity contribution in [3.8, 4) is 0 Å². The van der Waals surface area contributed by atoms with Gasteiger partial charge in [0.05, 0.1) is 18.7 Å². The van der Waals surface area contributed by atoms with Crippen LogP contribution in [0.2, 0.25) is 0 Å². The molecule has 1 atom stereocenters. The third-order valence-corrected chi connectivity index (χ3v) is 4.07. The SMILES string of the molecule is COC(=O)C1CCCN(Cc2cn3cc(C)ccc3n2)C1. The molecule has 3 heterocycles. The van der Waals surface area contributed by atoms with E-state index in [1.54, 1.807) is 0 Å². The number of hydrogen-bond donors (Lipinski definition) is 0. The van der Waals surface area contributed by atoms with Gasteiger partial charge in [0.1, 0.15) is 5.65 Å². The molecule has 112 valence electrons. The van der Waals surface area contributed by atoms with Gasteiger partial charge in [0.15, 0.2) is 0 Å². The van der Waals surface area contributed by atoms with Gasteiger partial charge in [0.25, 0.3) is 0 Å². The number of carbonyl (C=O) groups excluding carboxylic acids is 1. The minimum absolute atomic E-state index is 0.00280. The second kappa shape index (κ2) is 5.85. The summed E-state index contributed by atoms with van der Waals surface area (Å²) in [6.07, 6.45) is 6.11. The first-order chi connectivity index (χ1) is 10.2. The molecule has 1 fully saturated rings. The molecular weight excluding hydrogens is 266 g/mol. The van der Waals surface area contributed by atoms with Gasteiger partial charge in [-0.3, -0.25) is 9.69 Å². The molecule has 1 saturated heterocycles. The number of likely N-dealkylation sites (tertiary alicyclic amines) is 1. The molecule has 1 aliphatic rings. The fraction of sp³-hybridized carbons (Fsp3) is 0.500. The number of nitrogens with zero attached hydrogens (tertiary/aromatic N) is 3. The highest BCUT2D eigenvalue weighted by Gasteiger charge is 2.26. The van der Waals surface area contributed by atoms with Crippen molar-refractivity contribution in [1.29, 1.82) is 0 Å². The maximum Gasteiger partial charge on any atom is 0.309 e. The van der Waals surface area contributed by atoms with E-state index in [1.165, 1.54) is 12.7 Å². The number of esters is 1. The monoisotopic (exact) mass is 287 g/mol. The van der Waals surface area contributed by atoms with Crippen molar-refractivity contribution in [2.45, 2.75) is 26.3 Å². The summed E-state index contributed by atoms with van der Waals surface area (Å²) in [5.41, 5.74) is 3.23. The smallest absolute Gasteiger partial charge is 0.309 e. The number of ether oxygens (including phenoxy) is 1. The number of pyridine rings is 1. The van der Waals surface area contributed by atoms with Crippen LogP contribution in [0.5, 0.6) is 0 Å². The van der Waals surface area contributed by atoms with Gasteiger partial charge in [0, 0.05) is 25.5 Å². The van der Waals surface area contributed by atoms with Gasteiger partial charge >= 0.3 is 5.97 Å². The van der Waals surface area contributed by atoms with Crippen LogP contribution in [0.15, 0.2) is 24.5 Å². The van der Waals surface area contributed by atoms with Crippen molar-refractivity contribution in [2.75, 3.05) is 20.2 Å². The van der Waals surface area contributed by atoms with Crippen molar-refractivity contribution in [3.63, 3.8) is 0 Å². The Bertz CT molecular complexity index is 650. The summed E-state index contributed by atoms with van der Waals surface area (Å²) in [6, 6.07) is 4.10. The van der Waals surface area contributed by atoms with E-state index < -0.39 is 0 Å². The van der Waals surface area contributed by atoms with E-state index in [9.17, 15) is 4.79 Å². The lowest BCUT2D eigenvalue weighted by Gasteiger charge is -2.30. The summed E-state index contributed by atoms with van der Waals surface area (Å²) in [6.45, 7) is 4.64. The van der Waals surface area contributed by atoms with Gasteiger partial charge in [-0.25, -0.2) is 4.98 Å². The zero-order valence-electron chi connectivity index (χ0n) is 12.6. The van der Waals surface area contributed by atoms with Gasteiger partial charge in [-0.05, 0) is 37.9 Å². The number of methoxy groups -OCH3 is 1. The third kappa shape index (κ3) is 3.08. The largest absolute Gasteiger partial charge is 0.469 e. The highest BCUT2D eigenvalue weighted by atomic mass is 16.5. The molecule has 0 spiro atoms. The van der Waals surface area contributed by atoms with Crippen molar-refractivity contribution < 1.29 is 9.53 Å². The molecule has 0 aliphatic carbocycles. The lowest BCUT2D eigenvalue weighted by Crippen LogP contribution is -2.38. The highest BCUT2D eigenvalue weighted by molar-refractivity contribution is 5.72. The van der Waals surface area contributed by atoms with Crippen molar-refractivity contribution >= 4 is 11.6 Å². The number of piperidine rings is 1. The number of aryl methyl sites for hydroxylation is 1. The fourth-order valence-corrected chi connectivity index (χ4v) is 3.02. The normalized spacial score (nSPS) is 19.8. The van der Waals surface area contributed by atoms with E-state index in [0.717, 1.165) is 43.8 Å². The molecule has 1 aliphatic heterocycles. The number of aromatic nitrogens is 2. The molecule has 0 N–H and O–H groups in total. The Morgan fingerprint density at radius 2 is 2.29 bits per heavy atom. The summed E-state index contributed by atoms with van der Waals surface area (Å²) >= 11 is 0. The first-order valence-electron chi connectivity index (χ1n) is 7.40. The van der Waals surface area contributed by atoms with Gasteiger partial charge in [-0.15, -0.1) is 0 Å². The van der Waals surface area contributed by atoms with Gasteiger partial charge in [-0.2, -0.15) is 0 Å². The number of rotatable bonds is 3. The Balaban J connectivity index is 1.71. The van der Waals surface area contributed by atoms with E-state index in [-0.39, 0.29) is 11.9 Å². The zero-order chi connectivity index (χ0) is 14.8. The molecule has 5 heteroatoms. The van der Waals surface area contributed by atoms with Crippen LogP contribution in [-0.2, 0) is 16.1 Å². The van der Waals surface area contributed by atoms with Crippen molar-refractivity contribution in [3.05, 3.63) is 35.8 Å². The molecule has 0 aromatic carbocycles. The van der Waals surface area contributed by atoms with Gasteiger partial charge in [-0.1, -0.05) is 6.07 Å². The minimum Gasteiger partial charge on any atom is -0.469 e. The number of hydrogen-bond acceptors (Lipinski definition) is 4. The zero-order valence-corrected chi connectivity index (χ0v) is 12.6. The summed E-state index contributed by atoms with van der Waals surface area (Å²) in [5.74, 6) is -0.0895. The third-order valence-electron chi connectivity index (χ3n) is 4.07.